The Hall–Kier alpha value is -1.04. The highest BCUT2D eigenvalue weighted by Gasteiger charge is 2.03. The zero-order valence-corrected chi connectivity index (χ0v) is 13.5. The molecule has 0 aliphatic carbocycles. The summed E-state index contributed by atoms with van der Waals surface area (Å²) in [5, 5.41) is 6.96. The van der Waals surface area contributed by atoms with E-state index in [4.69, 9.17) is 12.2 Å². The summed E-state index contributed by atoms with van der Waals surface area (Å²) in [6, 6.07) is 16.0. The van der Waals surface area contributed by atoms with Crippen molar-refractivity contribution in [2.45, 2.75) is 4.90 Å². The molecule has 0 spiro atoms. The van der Waals surface area contributed by atoms with Crippen LogP contribution < -0.4 is 10.6 Å². The van der Waals surface area contributed by atoms with Gasteiger partial charge in [0.25, 0.3) is 0 Å². The molecule has 0 heterocycles. The van der Waals surface area contributed by atoms with Gasteiger partial charge in [0, 0.05) is 15.1 Å². The second-order valence-corrected chi connectivity index (χ2v) is 5.96. The maximum atomic E-state index is 5.32. The Bertz CT molecular complexity index is 570. The summed E-state index contributed by atoms with van der Waals surface area (Å²) in [6.45, 7) is 0. The number of thioether (sulfide) groups is 1. The van der Waals surface area contributed by atoms with Crippen LogP contribution in [0.3, 0.4) is 0 Å². The molecule has 2 aromatic carbocycles. The third kappa shape index (κ3) is 4.23. The number of thiocarbonyl (C=S) groups is 1. The van der Waals surface area contributed by atoms with Crippen molar-refractivity contribution in [3.05, 3.63) is 53.0 Å². The first-order valence-corrected chi connectivity index (χ1v) is 8.08. The van der Waals surface area contributed by atoms with E-state index in [-0.39, 0.29) is 0 Å². The summed E-state index contributed by atoms with van der Waals surface area (Å²) < 4.78 is 1.05. The fraction of sp³-hybridized carbons (Fsp3) is 0.0714. The molecule has 0 bridgehead atoms. The topological polar surface area (TPSA) is 24.1 Å². The normalized spacial score (nSPS) is 10.0. The molecule has 0 radical (unpaired) electrons. The van der Waals surface area contributed by atoms with Crippen molar-refractivity contribution >= 4 is 56.4 Å². The van der Waals surface area contributed by atoms with Crippen molar-refractivity contribution in [3.8, 4) is 0 Å². The Kier molecular flexibility index (Phi) is 5.24. The molecule has 0 unspecified atom stereocenters. The van der Waals surface area contributed by atoms with Gasteiger partial charge in [-0.1, -0.05) is 28.1 Å². The number of para-hydroxylation sites is 1. The predicted octanol–water partition coefficient (Wildman–Crippen LogP) is 4.98. The summed E-state index contributed by atoms with van der Waals surface area (Å²) in [5.74, 6) is 0. The van der Waals surface area contributed by atoms with E-state index in [9.17, 15) is 0 Å². The van der Waals surface area contributed by atoms with Crippen LogP contribution in [-0.2, 0) is 0 Å². The lowest BCUT2D eigenvalue weighted by Crippen LogP contribution is -2.19. The number of anilines is 2. The largest absolute Gasteiger partial charge is 0.332 e. The van der Waals surface area contributed by atoms with Gasteiger partial charge in [-0.25, -0.2) is 0 Å². The Labute approximate surface area is 131 Å². The summed E-state index contributed by atoms with van der Waals surface area (Å²) in [4.78, 5) is 1.17. The minimum absolute atomic E-state index is 0.587. The first-order valence-electron chi connectivity index (χ1n) is 5.65. The van der Waals surface area contributed by atoms with Gasteiger partial charge in [0.15, 0.2) is 5.11 Å². The fourth-order valence-electron chi connectivity index (χ4n) is 1.57. The van der Waals surface area contributed by atoms with Crippen molar-refractivity contribution in [1.29, 1.82) is 0 Å². The van der Waals surface area contributed by atoms with E-state index in [2.05, 4.69) is 32.6 Å². The molecule has 2 aromatic rings. The fourth-order valence-corrected chi connectivity index (χ4v) is 2.61. The number of nitrogens with one attached hydrogen (secondary N) is 2. The number of halogens is 1. The molecule has 0 aliphatic heterocycles. The van der Waals surface area contributed by atoms with Gasteiger partial charge < -0.3 is 10.6 Å². The van der Waals surface area contributed by atoms with Gasteiger partial charge in [-0.2, -0.15) is 0 Å². The van der Waals surface area contributed by atoms with Gasteiger partial charge in [0.1, 0.15) is 0 Å². The molecule has 2 N–H and O–H groups in total. The molecule has 0 aromatic heterocycles. The van der Waals surface area contributed by atoms with Gasteiger partial charge in [-0.3, -0.25) is 0 Å². The van der Waals surface area contributed by atoms with Crippen LogP contribution in [0.4, 0.5) is 11.4 Å². The highest BCUT2D eigenvalue weighted by atomic mass is 79.9. The third-order valence-electron chi connectivity index (χ3n) is 2.46. The highest BCUT2D eigenvalue weighted by Crippen LogP contribution is 2.24. The lowest BCUT2D eigenvalue weighted by atomic mass is 10.3. The van der Waals surface area contributed by atoms with E-state index in [1.165, 1.54) is 4.90 Å². The molecular weight excluding hydrogens is 340 g/mol. The minimum atomic E-state index is 0.587. The van der Waals surface area contributed by atoms with Crippen molar-refractivity contribution in [2.24, 2.45) is 0 Å². The van der Waals surface area contributed by atoms with E-state index in [0.717, 1.165) is 15.8 Å². The molecule has 0 atom stereocenters. The van der Waals surface area contributed by atoms with Crippen molar-refractivity contribution < 1.29 is 0 Å². The van der Waals surface area contributed by atoms with Gasteiger partial charge in [0.2, 0.25) is 0 Å². The van der Waals surface area contributed by atoms with E-state index >= 15 is 0 Å². The lowest BCUT2D eigenvalue weighted by Gasteiger charge is -2.13. The summed E-state index contributed by atoms with van der Waals surface area (Å²) in [6.07, 6.45) is 2.05. The van der Waals surface area contributed by atoms with E-state index in [0.29, 0.717) is 5.11 Å². The molecule has 19 heavy (non-hydrogen) atoms. The number of rotatable bonds is 3. The van der Waals surface area contributed by atoms with Crippen molar-refractivity contribution in [1.82, 2.24) is 0 Å². The standard InChI is InChI=1S/C14H13BrN2S2/c1-19-13-5-3-2-4-12(13)17-14(18)16-11-8-6-10(15)7-9-11/h2-9H,1H3,(H2,16,17,18). The molecular formula is C14H13BrN2S2. The summed E-state index contributed by atoms with van der Waals surface area (Å²) in [5.41, 5.74) is 1.98. The van der Waals surface area contributed by atoms with Crippen LogP contribution in [0.5, 0.6) is 0 Å². The van der Waals surface area contributed by atoms with E-state index in [1.807, 2.05) is 48.7 Å². The predicted molar refractivity (Wildman–Crippen MR) is 92.2 cm³/mol. The molecule has 0 aliphatic rings. The van der Waals surface area contributed by atoms with Crippen LogP contribution in [-0.4, -0.2) is 11.4 Å². The van der Waals surface area contributed by atoms with Crippen LogP contribution in [0, 0.1) is 0 Å². The second-order valence-electron chi connectivity index (χ2n) is 3.79. The Morgan fingerprint density at radius 1 is 1.05 bits per heavy atom. The first-order chi connectivity index (χ1) is 9.19. The van der Waals surface area contributed by atoms with Crippen LogP contribution in [0.25, 0.3) is 0 Å². The lowest BCUT2D eigenvalue weighted by molar-refractivity contribution is 1.44. The SMILES string of the molecule is CSc1ccccc1NC(=S)Nc1ccc(Br)cc1. The average Bonchev–Trinajstić information content (AvgIpc) is 2.42. The van der Waals surface area contributed by atoms with E-state index < -0.39 is 0 Å². The minimum Gasteiger partial charge on any atom is -0.332 e. The zero-order valence-electron chi connectivity index (χ0n) is 10.3. The number of benzene rings is 2. The molecule has 0 saturated carbocycles. The highest BCUT2D eigenvalue weighted by molar-refractivity contribution is 9.10. The summed E-state index contributed by atoms with van der Waals surface area (Å²) >= 11 is 10.4. The molecule has 0 fully saturated rings. The number of hydrogen-bond acceptors (Lipinski definition) is 2. The molecule has 0 saturated heterocycles. The van der Waals surface area contributed by atoms with Crippen molar-refractivity contribution in [2.75, 3.05) is 16.9 Å². The Morgan fingerprint density at radius 2 is 1.74 bits per heavy atom. The third-order valence-corrected chi connectivity index (χ3v) is 3.99. The monoisotopic (exact) mass is 352 g/mol. The Balaban J connectivity index is 2.03. The van der Waals surface area contributed by atoms with Crippen molar-refractivity contribution in [3.63, 3.8) is 0 Å². The molecule has 2 nitrogen and oxygen atoms in total. The summed E-state index contributed by atoms with van der Waals surface area (Å²) in [7, 11) is 0. The second kappa shape index (κ2) is 6.93. The first kappa shape index (κ1) is 14.4. The Morgan fingerprint density at radius 3 is 2.42 bits per heavy atom. The van der Waals surface area contributed by atoms with Crippen LogP contribution in [0.15, 0.2) is 57.9 Å². The van der Waals surface area contributed by atoms with Gasteiger partial charge >= 0.3 is 0 Å². The molecule has 2 rings (SSSR count). The number of hydrogen-bond donors (Lipinski definition) is 2. The molecule has 5 heteroatoms. The maximum absolute atomic E-state index is 5.32. The zero-order chi connectivity index (χ0) is 13.7. The van der Waals surface area contributed by atoms with Gasteiger partial charge in [-0.15, -0.1) is 11.8 Å². The maximum Gasteiger partial charge on any atom is 0.175 e. The molecule has 0 amide bonds. The smallest absolute Gasteiger partial charge is 0.175 e. The van der Waals surface area contributed by atoms with E-state index in [1.54, 1.807) is 11.8 Å². The van der Waals surface area contributed by atoms with Crippen LogP contribution >= 0.6 is 39.9 Å². The quantitative estimate of drug-likeness (QED) is 0.600. The van der Waals surface area contributed by atoms with Crippen LogP contribution in [0.2, 0.25) is 0 Å². The van der Waals surface area contributed by atoms with Gasteiger partial charge in [-0.05, 0) is 54.9 Å². The van der Waals surface area contributed by atoms with Crippen LogP contribution in [0.1, 0.15) is 0 Å². The van der Waals surface area contributed by atoms with Gasteiger partial charge in [0.05, 0.1) is 5.69 Å². The average molecular weight is 353 g/mol. The molecule has 98 valence electrons.